The van der Waals surface area contributed by atoms with E-state index in [0.717, 1.165) is 38.0 Å². The van der Waals surface area contributed by atoms with E-state index in [0.29, 0.717) is 18.8 Å². The standard InChI is InChI=1S/C15H19N3O/c16-15-13-6-2-1-5-12(13)11-18(15)10-7-14(19)17-8-3-4-9-17/h1-2,5-6,16H,3-4,7-11H2. The van der Waals surface area contributed by atoms with Crippen LogP contribution in [0.3, 0.4) is 0 Å². The van der Waals surface area contributed by atoms with Gasteiger partial charge in [0.15, 0.2) is 0 Å². The lowest BCUT2D eigenvalue weighted by atomic mass is 10.1. The van der Waals surface area contributed by atoms with Crippen molar-refractivity contribution in [3.63, 3.8) is 0 Å². The molecule has 3 rings (SSSR count). The lowest BCUT2D eigenvalue weighted by Crippen LogP contribution is -2.33. The van der Waals surface area contributed by atoms with E-state index in [9.17, 15) is 4.79 Å². The highest BCUT2D eigenvalue weighted by atomic mass is 16.2. The number of carbonyl (C=O) groups is 1. The van der Waals surface area contributed by atoms with Gasteiger partial charge in [-0.1, -0.05) is 24.3 Å². The fourth-order valence-corrected chi connectivity index (χ4v) is 2.89. The van der Waals surface area contributed by atoms with Crippen LogP contribution in [0.4, 0.5) is 0 Å². The molecule has 100 valence electrons. The Hall–Kier alpha value is -1.84. The first-order valence-electron chi connectivity index (χ1n) is 6.95. The Bertz CT molecular complexity index is 506. The van der Waals surface area contributed by atoms with E-state index in [1.165, 1.54) is 5.56 Å². The number of hydrogen-bond acceptors (Lipinski definition) is 2. The highest BCUT2D eigenvalue weighted by molar-refractivity contribution is 6.00. The number of nitrogens with one attached hydrogen (secondary N) is 1. The molecule has 4 heteroatoms. The van der Waals surface area contributed by atoms with Crippen LogP contribution in [0.25, 0.3) is 0 Å². The second-order valence-electron chi connectivity index (χ2n) is 5.27. The summed E-state index contributed by atoms with van der Waals surface area (Å²) < 4.78 is 0. The smallest absolute Gasteiger partial charge is 0.224 e. The number of nitrogens with zero attached hydrogens (tertiary/aromatic N) is 2. The first-order chi connectivity index (χ1) is 9.25. The Kier molecular flexibility index (Phi) is 3.23. The molecule has 0 spiro atoms. The topological polar surface area (TPSA) is 47.4 Å². The monoisotopic (exact) mass is 257 g/mol. The van der Waals surface area contributed by atoms with Gasteiger partial charge in [0.25, 0.3) is 0 Å². The third-order valence-electron chi connectivity index (χ3n) is 4.00. The zero-order valence-corrected chi connectivity index (χ0v) is 11.1. The molecule has 1 amide bonds. The normalized spacial score (nSPS) is 18.0. The van der Waals surface area contributed by atoms with Gasteiger partial charge in [-0.25, -0.2) is 0 Å². The molecule has 0 aromatic heterocycles. The Morgan fingerprint density at radius 1 is 1.21 bits per heavy atom. The second kappa shape index (κ2) is 5.03. The first kappa shape index (κ1) is 12.2. The van der Waals surface area contributed by atoms with Gasteiger partial charge < -0.3 is 9.80 Å². The number of rotatable bonds is 3. The molecule has 0 radical (unpaired) electrons. The van der Waals surface area contributed by atoms with Crippen LogP contribution in [-0.4, -0.2) is 41.2 Å². The molecule has 0 bridgehead atoms. The summed E-state index contributed by atoms with van der Waals surface area (Å²) in [5, 5.41) is 8.14. The molecule has 2 aliphatic heterocycles. The molecule has 1 N–H and O–H groups in total. The summed E-state index contributed by atoms with van der Waals surface area (Å²) >= 11 is 0. The van der Waals surface area contributed by atoms with Crippen LogP contribution in [-0.2, 0) is 11.3 Å². The largest absolute Gasteiger partial charge is 0.352 e. The molecule has 0 unspecified atom stereocenters. The summed E-state index contributed by atoms with van der Waals surface area (Å²) in [6.45, 7) is 3.25. The van der Waals surface area contributed by atoms with Gasteiger partial charge in [-0.15, -0.1) is 0 Å². The molecule has 4 nitrogen and oxygen atoms in total. The van der Waals surface area contributed by atoms with Crippen LogP contribution in [0, 0.1) is 5.41 Å². The van der Waals surface area contributed by atoms with E-state index < -0.39 is 0 Å². The van der Waals surface area contributed by atoms with Crippen molar-refractivity contribution in [2.45, 2.75) is 25.8 Å². The van der Waals surface area contributed by atoms with Crippen molar-refractivity contribution in [1.82, 2.24) is 9.80 Å². The quantitative estimate of drug-likeness (QED) is 0.898. The summed E-state index contributed by atoms with van der Waals surface area (Å²) in [6.07, 6.45) is 2.80. The molecule has 1 saturated heterocycles. The predicted octanol–water partition coefficient (Wildman–Crippen LogP) is 1.84. The summed E-state index contributed by atoms with van der Waals surface area (Å²) in [6, 6.07) is 8.02. The summed E-state index contributed by atoms with van der Waals surface area (Å²) in [5.74, 6) is 0.797. The van der Waals surface area contributed by atoms with Crippen LogP contribution < -0.4 is 0 Å². The molecule has 0 atom stereocenters. The zero-order valence-electron chi connectivity index (χ0n) is 11.1. The number of carbonyl (C=O) groups excluding carboxylic acids is 1. The number of amidine groups is 1. The van der Waals surface area contributed by atoms with Crippen molar-refractivity contribution < 1.29 is 4.79 Å². The van der Waals surface area contributed by atoms with Gasteiger partial charge in [-0.05, 0) is 18.4 Å². The van der Waals surface area contributed by atoms with Crippen LogP contribution in [0.2, 0.25) is 0 Å². The molecular formula is C15H19N3O. The molecule has 1 fully saturated rings. The van der Waals surface area contributed by atoms with Crippen LogP contribution in [0.1, 0.15) is 30.4 Å². The maximum Gasteiger partial charge on any atom is 0.224 e. The Balaban J connectivity index is 1.57. The highest BCUT2D eigenvalue weighted by Gasteiger charge is 2.25. The van der Waals surface area contributed by atoms with Crippen molar-refractivity contribution in [2.75, 3.05) is 19.6 Å². The Morgan fingerprint density at radius 3 is 2.68 bits per heavy atom. The van der Waals surface area contributed by atoms with Crippen molar-refractivity contribution in [3.05, 3.63) is 35.4 Å². The Labute approximate surface area is 113 Å². The SMILES string of the molecule is N=C1c2ccccc2CN1CCC(=O)N1CCCC1. The number of benzene rings is 1. The number of likely N-dealkylation sites (tertiary alicyclic amines) is 1. The Morgan fingerprint density at radius 2 is 1.95 bits per heavy atom. The predicted molar refractivity (Wildman–Crippen MR) is 74.1 cm³/mol. The summed E-state index contributed by atoms with van der Waals surface area (Å²) in [4.78, 5) is 16.0. The second-order valence-corrected chi connectivity index (χ2v) is 5.27. The molecule has 2 heterocycles. The van der Waals surface area contributed by atoms with Gasteiger partial charge in [-0.3, -0.25) is 10.2 Å². The maximum atomic E-state index is 12.0. The number of fused-ring (bicyclic) bond motifs is 1. The minimum absolute atomic E-state index is 0.237. The van der Waals surface area contributed by atoms with Crippen molar-refractivity contribution in [2.24, 2.45) is 0 Å². The van der Waals surface area contributed by atoms with Gasteiger partial charge in [0.1, 0.15) is 5.84 Å². The van der Waals surface area contributed by atoms with Gasteiger partial charge in [0, 0.05) is 38.2 Å². The fraction of sp³-hybridized carbons (Fsp3) is 0.467. The molecule has 1 aromatic carbocycles. The van der Waals surface area contributed by atoms with E-state index in [1.54, 1.807) is 0 Å². The molecule has 0 aliphatic carbocycles. The van der Waals surface area contributed by atoms with Crippen LogP contribution in [0.15, 0.2) is 24.3 Å². The van der Waals surface area contributed by atoms with E-state index in [1.807, 2.05) is 28.0 Å². The minimum atomic E-state index is 0.237. The minimum Gasteiger partial charge on any atom is -0.352 e. The first-order valence-corrected chi connectivity index (χ1v) is 6.95. The van der Waals surface area contributed by atoms with Crippen molar-refractivity contribution in [3.8, 4) is 0 Å². The van der Waals surface area contributed by atoms with Crippen LogP contribution in [0.5, 0.6) is 0 Å². The highest BCUT2D eigenvalue weighted by Crippen LogP contribution is 2.22. The molecule has 1 aromatic rings. The van der Waals surface area contributed by atoms with Crippen molar-refractivity contribution in [1.29, 1.82) is 5.41 Å². The summed E-state index contributed by atoms with van der Waals surface area (Å²) in [7, 11) is 0. The third-order valence-corrected chi connectivity index (χ3v) is 4.00. The van der Waals surface area contributed by atoms with Gasteiger partial charge >= 0.3 is 0 Å². The van der Waals surface area contributed by atoms with Gasteiger partial charge in [0.05, 0.1) is 0 Å². The van der Waals surface area contributed by atoms with E-state index >= 15 is 0 Å². The maximum absolute atomic E-state index is 12.0. The molecule has 19 heavy (non-hydrogen) atoms. The lowest BCUT2D eigenvalue weighted by molar-refractivity contribution is -0.130. The molecule has 0 saturated carbocycles. The summed E-state index contributed by atoms with van der Waals surface area (Å²) in [5.41, 5.74) is 2.21. The van der Waals surface area contributed by atoms with Gasteiger partial charge in [-0.2, -0.15) is 0 Å². The number of amides is 1. The number of hydrogen-bond donors (Lipinski definition) is 1. The lowest BCUT2D eigenvalue weighted by Gasteiger charge is -2.20. The zero-order chi connectivity index (χ0) is 13.2. The van der Waals surface area contributed by atoms with Gasteiger partial charge in [0.2, 0.25) is 5.91 Å². The van der Waals surface area contributed by atoms with E-state index in [2.05, 4.69) is 6.07 Å². The molecular weight excluding hydrogens is 238 g/mol. The van der Waals surface area contributed by atoms with E-state index in [4.69, 9.17) is 5.41 Å². The van der Waals surface area contributed by atoms with Crippen molar-refractivity contribution >= 4 is 11.7 Å². The fourth-order valence-electron chi connectivity index (χ4n) is 2.89. The average molecular weight is 257 g/mol. The third kappa shape index (κ3) is 2.35. The molecule has 2 aliphatic rings. The van der Waals surface area contributed by atoms with Crippen LogP contribution >= 0.6 is 0 Å². The average Bonchev–Trinajstić information content (AvgIpc) is 3.05. The van der Waals surface area contributed by atoms with E-state index in [-0.39, 0.29) is 5.91 Å².